The zero-order chi connectivity index (χ0) is 14.9. The first-order valence-electron chi connectivity index (χ1n) is 5.12. The third kappa shape index (κ3) is 3.69. The smallest absolute Gasteiger partial charge is 0.421 e. The predicted molar refractivity (Wildman–Crippen MR) is 71.1 cm³/mol. The van der Waals surface area contributed by atoms with Gasteiger partial charge in [-0.2, -0.15) is 13.2 Å². The van der Waals surface area contributed by atoms with Crippen molar-refractivity contribution in [3.63, 3.8) is 0 Å². The van der Waals surface area contributed by atoms with Crippen LogP contribution in [0.2, 0.25) is 0 Å². The number of benzene rings is 1. The summed E-state index contributed by atoms with van der Waals surface area (Å²) in [5.74, 6) is -1.37. The Morgan fingerprint density at radius 2 is 1.70 bits per heavy atom. The van der Waals surface area contributed by atoms with Gasteiger partial charge in [0.15, 0.2) is 0 Å². The second kappa shape index (κ2) is 5.69. The van der Waals surface area contributed by atoms with Crippen molar-refractivity contribution in [2.75, 3.05) is 0 Å². The van der Waals surface area contributed by atoms with Gasteiger partial charge in [-0.15, -0.1) is 0 Å². The Morgan fingerprint density at radius 3 is 2.30 bits per heavy atom. The van der Waals surface area contributed by atoms with E-state index in [-0.39, 0.29) is 10.2 Å². The summed E-state index contributed by atoms with van der Waals surface area (Å²) < 4.78 is 57.3. The second-order valence-electron chi connectivity index (χ2n) is 3.71. The number of rotatable bonds is 2. The molecule has 2 aromatic rings. The number of hydrogen-bond donors (Lipinski definition) is 0. The maximum atomic E-state index is 13.2. The fraction of sp³-hybridized carbons (Fsp3) is 0.0833. The first-order valence-corrected chi connectivity index (χ1v) is 6.71. The van der Waals surface area contributed by atoms with Crippen molar-refractivity contribution in [3.05, 3.63) is 50.8 Å². The largest absolute Gasteiger partial charge is 0.438 e. The molecule has 0 fully saturated rings. The van der Waals surface area contributed by atoms with Crippen molar-refractivity contribution in [1.82, 2.24) is 4.98 Å². The molecular formula is C12H5Br2F4NO. The van der Waals surface area contributed by atoms with E-state index >= 15 is 0 Å². The molecule has 0 saturated heterocycles. The Labute approximate surface area is 128 Å². The molecule has 0 N–H and O–H groups in total. The van der Waals surface area contributed by atoms with Crippen molar-refractivity contribution < 1.29 is 22.3 Å². The Hall–Kier alpha value is -1.15. The van der Waals surface area contributed by atoms with Crippen LogP contribution >= 0.6 is 31.9 Å². The van der Waals surface area contributed by atoms with Gasteiger partial charge in [0.2, 0.25) is 5.88 Å². The van der Waals surface area contributed by atoms with Crippen LogP contribution in [0.25, 0.3) is 0 Å². The quantitative estimate of drug-likeness (QED) is 0.600. The molecular weight excluding hydrogens is 410 g/mol. The molecule has 0 unspecified atom stereocenters. The molecule has 0 saturated carbocycles. The van der Waals surface area contributed by atoms with Gasteiger partial charge in [0.1, 0.15) is 17.1 Å². The minimum Gasteiger partial charge on any atom is -0.438 e. The molecule has 0 atom stereocenters. The van der Waals surface area contributed by atoms with E-state index < -0.39 is 23.4 Å². The van der Waals surface area contributed by atoms with Crippen LogP contribution in [-0.4, -0.2) is 4.98 Å². The van der Waals surface area contributed by atoms with Crippen LogP contribution in [0.3, 0.4) is 0 Å². The normalized spacial score (nSPS) is 11.5. The molecule has 8 heteroatoms. The Kier molecular flexibility index (Phi) is 4.33. The molecule has 0 aliphatic rings. The zero-order valence-corrected chi connectivity index (χ0v) is 12.7. The van der Waals surface area contributed by atoms with Gasteiger partial charge in [0, 0.05) is 21.2 Å². The third-order valence-electron chi connectivity index (χ3n) is 2.17. The van der Waals surface area contributed by atoms with E-state index in [1.807, 2.05) is 0 Å². The average molecular weight is 415 g/mol. The molecule has 0 amide bonds. The van der Waals surface area contributed by atoms with E-state index in [9.17, 15) is 17.6 Å². The zero-order valence-electron chi connectivity index (χ0n) is 9.51. The van der Waals surface area contributed by atoms with Gasteiger partial charge in [0.05, 0.1) is 0 Å². The van der Waals surface area contributed by atoms with Crippen LogP contribution in [0.15, 0.2) is 39.4 Å². The van der Waals surface area contributed by atoms with Crippen LogP contribution in [0.1, 0.15) is 5.56 Å². The van der Waals surface area contributed by atoms with E-state index in [0.29, 0.717) is 4.47 Å². The van der Waals surface area contributed by atoms with Gasteiger partial charge in [-0.25, -0.2) is 9.37 Å². The van der Waals surface area contributed by atoms with Gasteiger partial charge < -0.3 is 4.74 Å². The highest BCUT2D eigenvalue weighted by atomic mass is 79.9. The molecule has 0 bridgehead atoms. The highest BCUT2D eigenvalue weighted by Crippen LogP contribution is 2.38. The summed E-state index contributed by atoms with van der Waals surface area (Å²) in [5, 5.41) is 0. The van der Waals surface area contributed by atoms with E-state index in [0.717, 1.165) is 18.2 Å². The van der Waals surface area contributed by atoms with Crippen LogP contribution in [0.4, 0.5) is 17.6 Å². The number of ether oxygens (including phenoxy) is 1. The Balaban J connectivity index is 2.43. The van der Waals surface area contributed by atoms with Gasteiger partial charge in [-0.3, -0.25) is 0 Å². The summed E-state index contributed by atoms with van der Waals surface area (Å²) in [6.07, 6.45) is -3.46. The van der Waals surface area contributed by atoms with Gasteiger partial charge in [-0.1, -0.05) is 15.9 Å². The SMILES string of the molecule is Fc1cc(Br)cc(Oc2ncc(Br)cc2C(F)(F)F)c1. The second-order valence-corrected chi connectivity index (χ2v) is 5.54. The van der Waals surface area contributed by atoms with Crippen LogP contribution in [-0.2, 0) is 6.18 Å². The number of aromatic nitrogens is 1. The monoisotopic (exact) mass is 413 g/mol. The molecule has 0 aliphatic heterocycles. The van der Waals surface area contributed by atoms with Crippen LogP contribution in [0, 0.1) is 5.82 Å². The summed E-state index contributed by atoms with van der Waals surface area (Å²) in [7, 11) is 0. The number of halogens is 6. The molecule has 0 aliphatic carbocycles. The number of hydrogen-bond acceptors (Lipinski definition) is 2. The topological polar surface area (TPSA) is 22.1 Å². The minimum atomic E-state index is -4.63. The maximum Gasteiger partial charge on any atom is 0.421 e. The maximum absolute atomic E-state index is 13.2. The fourth-order valence-electron chi connectivity index (χ4n) is 1.41. The lowest BCUT2D eigenvalue weighted by molar-refractivity contribution is -0.138. The van der Waals surface area contributed by atoms with E-state index in [2.05, 4.69) is 36.8 Å². The molecule has 1 heterocycles. The van der Waals surface area contributed by atoms with Gasteiger partial charge >= 0.3 is 6.18 Å². The number of nitrogens with zero attached hydrogens (tertiary/aromatic N) is 1. The molecule has 0 radical (unpaired) electrons. The third-order valence-corrected chi connectivity index (χ3v) is 3.07. The molecule has 2 nitrogen and oxygen atoms in total. The minimum absolute atomic E-state index is 0.0859. The first kappa shape index (κ1) is 15.2. The number of pyridine rings is 1. The summed E-state index contributed by atoms with van der Waals surface area (Å²) in [4.78, 5) is 3.57. The molecule has 0 spiro atoms. The first-order chi connectivity index (χ1) is 9.25. The van der Waals surface area contributed by atoms with Crippen molar-refractivity contribution in [1.29, 1.82) is 0 Å². The molecule has 106 valence electrons. The highest BCUT2D eigenvalue weighted by molar-refractivity contribution is 9.10. The summed E-state index contributed by atoms with van der Waals surface area (Å²) in [5.41, 5.74) is -1.05. The summed E-state index contributed by atoms with van der Waals surface area (Å²) in [6.45, 7) is 0. The average Bonchev–Trinajstić information content (AvgIpc) is 2.28. The van der Waals surface area contributed by atoms with Crippen molar-refractivity contribution in [2.24, 2.45) is 0 Å². The van der Waals surface area contributed by atoms with Crippen molar-refractivity contribution in [3.8, 4) is 11.6 Å². The molecule has 20 heavy (non-hydrogen) atoms. The lowest BCUT2D eigenvalue weighted by Gasteiger charge is -2.13. The Morgan fingerprint density at radius 1 is 1.00 bits per heavy atom. The van der Waals surface area contributed by atoms with E-state index in [1.54, 1.807) is 0 Å². The fourth-order valence-corrected chi connectivity index (χ4v) is 2.19. The Bertz CT molecular complexity index is 626. The summed E-state index contributed by atoms with van der Waals surface area (Å²) >= 11 is 5.94. The van der Waals surface area contributed by atoms with Crippen LogP contribution in [0.5, 0.6) is 11.6 Å². The molecule has 1 aromatic heterocycles. The van der Waals surface area contributed by atoms with Crippen LogP contribution < -0.4 is 4.74 Å². The standard InChI is InChI=1S/C12H5Br2F4NO/c13-6-1-8(15)4-9(2-6)20-11-10(12(16,17)18)3-7(14)5-19-11/h1-5H. The van der Waals surface area contributed by atoms with Crippen molar-refractivity contribution in [2.45, 2.75) is 6.18 Å². The number of alkyl halides is 3. The molecule has 2 rings (SSSR count). The van der Waals surface area contributed by atoms with Crippen molar-refractivity contribution >= 4 is 31.9 Å². The highest BCUT2D eigenvalue weighted by Gasteiger charge is 2.35. The van der Waals surface area contributed by atoms with Gasteiger partial charge in [-0.05, 0) is 34.1 Å². The summed E-state index contributed by atoms with van der Waals surface area (Å²) in [6, 6.07) is 4.31. The predicted octanol–water partition coefficient (Wildman–Crippen LogP) is 5.56. The molecule has 1 aromatic carbocycles. The lowest BCUT2D eigenvalue weighted by Crippen LogP contribution is -2.08. The van der Waals surface area contributed by atoms with Gasteiger partial charge in [0.25, 0.3) is 0 Å². The lowest BCUT2D eigenvalue weighted by atomic mass is 10.2. The van der Waals surface area contributed by atoms with E-state index in [4.69, 9.17) is 4.74 Å². The van der Waals surface area contributed by atoms with E-state index in [1.165, 1.54) is 12.3 Å².